The fourth-order valence-corrected chi connectivity index (χ4v) is 3.15. The molecule has 1 heterocycles. The van der Waals surface area contributed by atoms with Crippen molar-refractivity contribution in [3.05, 3.63) is 106 Å². The van der Waals surface area contributed by atoms with E-state index < -0.39 is 5.97 Å². The first-order valence-corrected chi connectivity index (χ1v) is 10.3. The molecular formula is C26H20ClNO4. The lowest BCUT2D eigenvalue weighted by Crippen LogP contribution is -2.01. The van der Waals surface area contributed by atoms with Crippen LogP contribution in [0.5, 0.6) is 11.5 Å². The first kappa shape index (κ1) is 21.4. The van der Waals surface area contributed by atoms with E-state index in [0.29, 0.717) is 23.1 Å². The predicted molar refractivity (Wildman–Crippen MR) is 126 cm³/mol. The van der Waals surface area contributed by atoms with Gasteiger partial charge < -0.3 is 14.2 Å². The number of hydrogen-bond acceptors (Lipinski definition) is 5. The van der Waals surface area contributed by atoms with E-state index in [0.717, 1.165) is 16.7 Å². The molecule has 160 valence electrons. The van der Waals surface area contributed by atoms with Crippen molar-refractivity contribution >= 4 is 35.6 Å². The van der Waals surface area contributed by atoms with Crippen molar-refractivity contribution in [3.63, 3.8) is 0 Å². The van der Waals surface area contributed by atoms with Crippen molar-refractivity contribution in [2.24, 2.45) is 4.99 Å². The summed E-state index contributed by atoms with van der Waals surface area (Å²) in [4.78, 5) is 16.5. The summed E-state index contributed by atoms with van der Waals surface area (Å²) in [6, 6.07) is 22.6. The third-order valence-corrected chi connectivity index (χ3v) is 4.91. The molecule has 0 amide bonds. The summed E-state index contributed by atoms with van der Waals surface area (Å²) in [6.07, 6.45) is 5.16. The summed E-state index contributed by atoms with van der Waals surface area (Å²) in [5.74, 6) is 0.890. The van der Waals surface area contributed by atoms with Crippen LogP contribution in [-0.2, 0) is 16.1 Å². The number of nitrogens with zero attached hydrogens (tertiary/aromatic N) is 1. The molecule has 0 saturated heterocycles. The Balaban J connectivity index is 1.48. The second-order valence-electron chi connectivity index (χ2n) is 6.94. The van der Waals surface area contributed by atoms with Gasteiger partial charge >= 0.3 is 5.97 Å². The standard InChI is InChI=1S/C26H20ClNO4/c1-30-24-16-20(9-13-23(24)31-17-19-7-11-21(27)12-8-19)15-22-26(29)32-25(28-22)14-10-18-5-3-2-4-6-18/h2-16H,17H2,1H3. The van der Waals surface area contributed by atoms with Gasteiger partial charge in [0, 0.05) is 11.1 Å². The Labute approximate surface area is 191 Å². The lowest BCUT2D eigenvalue weighted by molar-refractivity contribution is -0.129. The molecule has 0 N–H and O–H groups in total. The predicted octanol–water partition coefficient (Wildman–Crippen LogP) is 5.94. The van der Waals surface area contributed by atoms with Crippen LogP contribution >= 0.6 is 11.6 Å². The Morgan fingerprint density at radius 2 is 1.72 bits per heavy atom. The highest BCUT2D eigenvalue weighted by Gasteiger charge is 2.21. The first-order valence-electron chi connectivity index (χ1n) is 9.92. The van der Waals surface area contributed by atoms with Gasteiger partial charge in [0.1, 0.15) is 6.61 Å². The lowest BCUT2D eigenvalue weighted by atomic mass is 10.1. The smallest absolute Gasteiger partial charge is 0.363 e. The maximum atomic E-state index is 12.2. The highest BCUT2D eigenvalue weighted by Crippen LogP contribution is 2.30. The molecule has 0 fully saturated rings. The number of carbonyl (C=O) groups excluding carboxylic acids is 1. The Morgan fingerprint density at radius 3 is 2.47 bits per heavy atom. The van der Waals surface area contributed by atoms with Crippen LogP contribution in [0, 0.1) is 0 Å². The van der Waals surface area contributed by atoms with Crippen LogP contribution in [0.15, 0.2) is 89.6 Å². The third-order valence-electron chi connectivity index (χ3n) is 4.65. The zero-order valence-corrected chi connectivity index (χ0v) is 18.1. The summed E-state index contributed by atoms with van der Waals surface area (Å²) in [5.41, 5.74) is 2.93. The van der Waals surface area contributed by atoms with E-state index in [4.69, 9.17) is 25.8 Å². The molecule has 0 spiro atoms. The van der Waals surface area contributed by atoms with Crippen LogP contribution in [0.1, 0.15) is 16.7 Å². The minimum atomic E-state index is -0.500. The molecule has 0 atom stereocenters. The van der Waals surface area contributed by atoms with Crippen molar-refractivity contribution in [2.75, 3.05) is 7.11 Å². The van der Waals surface area contributed by atoms with Gasteiger partial charge in [-0.2, -0.15) is 0 Å². The van der Waals surface area contributed by atoms with Crippen LogP contribution in [0.2, 0.25) is 5.02 Å². The largest absolute Gasteiger partial charge is 0.493 e. The van der Waals surface area contributed by atoms with Crippen LogP contribution in [0.3, 0.4) is 0 Å². The van der Waals surface area contributed by atoms with Gasteiger partial charge in [0.05, 0.1) is 7.11 Å². The summed E-state index contributed by atoms with van der Waals surface area (Å²) in [7, 11) is 1.57. The average Bonchev–Trinajstić information content (AvgIpc) is 3.17. The minimum Gasteiger partial charge on any atom is -0.493 e. The zero-order chi connectivity index (χ0) is 22.3. The molecule has 0 unspecified atom stereocenters. The van der Waals surface area contributed by atoms with Crippen molar-refractivity contribution in [3.8, 4) is 11.5 Å². The van der Waals surface area contributed by atoms with E-state index in [9.17, 15) is 4.79 Å². The van der Waals surface area contributed by atoms with Crippen molar-refractivity contribution in [1.29, 1.82) is 0 Å². The third kappa shape index (κ3) is 5.45. The molecule has 0 aliphatic carbocycles. The number of carbonyl (C=O) groups is 1. The zero-order valence-electron chi connectivity index (χ0n) is 17.3. The molecule has 0 saturated carbocycles. The van der Waals surface area contributed by atoms with Gasteiger partial charge in [0.2, 0.25) is 5.90 Å². The second kappa shape index (κ2) is 9.98. The van der Waals surface area contributed by atoms with E-state index in [-0.39, 0.29) is 11.6 Å². The van der Waals surface area contributed by atoms with E-state index in [2.05, 4.69) is 4.99 Å². The van der Waals surface area contributed by atoms with Gasteiger partial charge in [-0.1, -0.05) is 60.1 Å². The van der Waals surface area contributed by atoms with Crippen molar-refractivity contribution in [1.82, 2.24) is 0 Å². The van der Waals surface area contributed by atoms with Gasteiger partial charge in [-0.3, -0.25) is 0 Å². The van der Waals surface area contributed by atoms with Crippen molar-refractivity contribution in [2.45, 2.75) is 6.61 Å². The second-order valence-corrected chi connectivity index (χ2v) is 7.38. The quantitative estimate of drug-likeness (QED) is 0.333. The molecule has 6 heteroatoms. The Bertz CT molecular complexity index is 1200. The molecule has 0 radical (unpaired) electrons. The Morgan fingerprint density at radius 1 is 0.938 bits per heavy atom. The topological polar surface area (TPSA) is 57.1 Å². The molecule has 0 bridgehead atoms. The number of ether oxygens (including phenoxy) is 3. The van der Waals surface area contributed by atoms with E-state index in [1.54, 1.807) is 31.4 Å². The van der Waals surface area contributed by atoms with Gasteiger partial charge in [-0.05, 0) is 53.1 Å². The van der Waals surface area contributed by atoms with Gasteiger partial charge in [0.15, 0.2) is 17.2 Å². The van der Waals surface area contributed by atoms with Crippen molar-refractivity contribution < 1.29 is 19.0 Å². The summed E-state index contributed by atoms with van der Waals surface area (Å²) < 4.78 is 16.6. The van der Waals surface area contributed by atoms with Crippen LogP contribution in [-0.4, -0.2) is 19.0 Å². The normalized spacial score (nSPS) is 14.5. The SMILES string of the molecule is COc1cc(C=C2N=C(C=Cc3ccccc3)OC2=O)ccc1OCc1ccc(Cl)cc1. The molecule has 0 aromatic heterocycles. The fraction of sp³-hybridized carbons (Fsp3) is 0.0769. The number of esters is 1. The van der Waals surface area contributed by atoms with E-state index in [1.165, 1.54) is 0 Å². The molecule has 3 aromatic carbocycles. The first-order chi connectivity index (χ1) is 15.6. The summed E-state index contributed by atoms with van der Waals surface area (Å²) in [5, 5.41) is 0.676. The number of methoxy groups -OCH3 is 1. The number of aliphatic imine (C=N–C) groups is 1. The monoisotopic (exact) mass is 445 g/mol. The van der Waals surface area contributed by atoms with Crippen LogP contribution in [0.25, 0.3) is 12.2 Å². The average molecular weight is 446 g/mol. The van der Waals surface area contributed by atoms with Crippen LogP contribution in [0.4, 0.5) is 0 Å². The number of benzene rings is 3. The number of rotatable bonds is 7. The highest BCUT2D eigenvalue weighted by atomic mass is 35.5. The molecule has 1 aliphatic rings. The molecule has 32 heavy (non-hydrogen) atoms. The number of hydrogen-bond donors (Lipinski definition) is 0. The summed E-state index contributed by atoms with van der Waals surface area (Å²) in [6.45, 7) is 0.377. The minimum absolute atomic E-state index is 0.217. The molecule has 5 nitrogen and oxygen atoms in total. The lowest BCUT2D eigenvalue weighted by Gasteiger charge is -2.11. The fourth-order valence-electron chi connectivity index (χ4n) is 3.02. The van der Waals surface area contributed by atoms with E-state index >= 15 is 0 Å². The van der Waals surface area contributed by atoms with Gasteiger partial charge in [-0.15, -0.1) is 0 Å². The molecule has 3 aromatic rings. The number of halogens is 1. The molecule has 4 rings (SSSR count). The number of cyclic esters (lactones) is 1. The maximum Gasteiger partial charge on any atom is 0.363 e. The van der Waals surface area contributed by atoms with Gasteiger partial charge in [0.25, 0.3) is 0 Å². The molecule has 1 aliphatic heterocycles. The molecular weight excluding hydrogens is 426 g/mol. The Hall–Kier alpha value is -3.83. The van der Waals surface area contributed by atoms with E-state index in [1.807, 2.05) is 66.7 Å². The maximum absolute atomic E-state index is 12.2. The van der Waals surface area contributed by atoms with Crippen LogP contribution < -0.4 is 9.47 Å². The summed E-state index contributed by atoms with van der Waals surface area (Å²) >= 11 is 5.92. The van der Waals surface area contributed by atoms with Gasteiger partial charge in [-0.25, -0.2) is 9.79 Å². The highest BCUT2D eigenvalue weighted by molar-refractivity contribution is 6.30. The Kier molecular flexibility index (Phi) is 6.68.